The van der Waals surface area contributed by atoms with E-state index in [4.69, 9.17) is 22.1 Å². The van der Waals surface area contributed by atoms with Crippen LogP contribution in [-0.4, -0.2) is 30.5 Å². The molecule has 1 aliphatic rings. The van der Waals surface area contributed by atoms with Gasteiger partial charge in [-0.05, 0) is 54.3 Å². The normalized spacial score (nSPS) is 14.2. The number of hydrogen-bond donors (Lipinski definition) is 1. The standard InChI is InChI=1S/C19H21ClN2O2/c20-18-4-1-3-15-13-22(11-9-17(15)18)10-2-12-24-16-7-5-14(6-8-16)19(21)23/h1,3-8H,2,9-13H2,(H2,21,23). The molecule has 24 heavy (non-hydrogen) atoms. The minimum atomic E-state index is -0.424. The first-order chi connectivity index (χ1) is 11.6. The summed E-state index contributed by atoms with van der Waals surface area (Å²) in [6.07, 6.45) is 1.96. The monoisotopic (exact) mass is 344 g/mol. The second-order valence-electron chi connectivity index (χ2n) is 5.99. The van der Waals surface area contributed by atoms with Gasteiger partial charge in [-0.15, -0.1) is 0 Å². The van der Waals surface area contributed by atoms with Gasteiger partial charge in [0.05, 0.1) is 6.61 Å². The Morgan fingerprint density at radius 3 is 2.75 bits per heavy atom. The molecule has 0 saturated carbocycles. The highest BCUT2D eigenvalue weighted by molar-refractivity contribution is 6.31. The van der Waals surface area contributed by atoms with Gasteiger partial charge in [0.2, 0.25) is 5.91 Å². The Bertz CT molecular complexity index is 716. The molecule has 0 fully saturated rings. The molecule has 4 nitrogen and oxygen atoms in total. The predicted octanol–water partition coefficient (Wildman–Crippen LogP) is 3.27. The fourth-order valence-corrected chi connectivity index (χ4v) is 3.29. The third-order valence-corrected chi connectivity index (χ3v) is 4.67. The molecule has 0 aromatic heterocycles. The molecule has 1 aliphatic heterocycles. The molecule has 0 bridgehead atoms. The van der Waals surface area contributed by atoms with E-state index in [-0.39, 0.29) is 0 Å². The maximum atomic E-state index is 11.0. The summed E-state index contributed by atoms with van der Waals surface area (Å²) in [5.74, 6) is 0.336. The number of carbonyl (C=O) groups excluding carboxylic acids is 1. The SMILES string of the molecule is NC(=O)c1ccc(OCCCN2CCc3c(Cl)cccc3C2)cc1. The fraction of sp³-hybridized carbons (Fsp3) is 0.316. The Labute approximate surface area is 147 Å². The summed E-state index contributed by atoms with van der Waals surface area (Å²) in [5.41, 5.74) is 8.33. The number of fused-ring (bicyclic) bond motifs is 1. The molecule has 1 heterocycles. The first-order valence-corrected chi connectivity index (χ1v) is 8.52. The quantitative estimate of drug-likeness (QED) is 0.818. The average Bonchev–Trinajstić information content (AvgIpc) is 2.59. The van der Waals surface area contributed by atoms with E-state index in [1.807, 2.05) is 12.1 Å². The summed E-state index contributed by atoms with van der Waals surface area (Å²) in [6.45, 7) is 3.62. The molecular weight excluding hydrogens is 324 g/mol. The predicted molar refractivity (Wildman–Crippen MR) is 95.5 cm³/mol. The molecule has 2 aromatic carbocycles. The first-order valence-electron chi connectivity index (χ1n) is 8.15. The number of nitrogens with two attached hydrogens (primary N) is 1. The van der Waals surface area contributed by atoms with Crippen molar-refractivity contribution in [1.29, 1.82) is 0 Å². The molecule has 0 atom stereocenters. The Morgan fingerprint density at radius 1 is 1.21 bits per heavy atom. The molecule has 0 saturated heterocycles. The lowest BCUT2D eigenvalue weighted by atomic mass is 10.00. The van der Waals surface area contributed by atoms with Crippen LogP contribution in [0.4, 0.5) is 0 Å². The Hall–Kier alpha value is -2.04. The Balaban J connectivity index is 1.43. The van der Waals surface area contributed by atoms with Crippen molar-refractivity contribution in [3.63, 3.8) is 0 Å². The number of carbonyl (C=O) groups is 1. The fourth-order valence-electron chi connectivity index (χ4n) is 3.01. The maximum absolute atomic E-state index is 11.0. The molecule has 0 radical (unpaired) electrons. The zero-order valence-electron chi connectivity index (χ0n) is 13.5. The van der Waals surface area contributed by atoms with Gasteiger partial charge < -0.3 is 10.5 Å². The lowest BCUT2D eigenvalue weighted by Crippen LogP contribution is -2.32. The van der Waals surface area contributed by atoms with Crippen molar-refractivity contribution in [1.82, 2.24) is 4.90 Å². The van der Waals surface area contributed by atoms with Gasteiger partial charge in [0.15, 0.2) is 0 Å². The number of benzene rings is 2. The van der Waals surface area contributed by atoms with Crippen LogP contribution in [0, 0.1) is 0 Å². The van der Waals surface area contributed by atoms with Crippen LogP contribution in [0.15, 0.2) is 42.5 Å². The van der Waals surface area contributed by atoms with Crippen molar-refractivity contribution >= 4 is 17.5 Å². The molecule has 0 aliphatic carbocycles. The van der Waals surface area contributed by atoms with Crippen molar-refractivity contribution in [2.24, 2.45) is 5.73 Å². The van der Waals surface area contributed by atoms with Gasteiger partial charge in [0.1, 0.15) is 5.75 Å². The minimum Gasteiger partial charge on any atom is -0.494 e. The van der Waals surface area contributed by atoms with Crippen LogP contribution < -0.4 is 10.5 Å². The van der Waals surface area contributed by atoms with Gasteiger partial charge in [0.25, 0.3) is 0 Å². The first kappa shape index (κ1) is 16.8. The van der Waals surface area contributed by atoms with Crippen molar-refractivity contribution in [2.75, 3.05) is 19.7 Å². The molecule has 2 N–H and O–H groups in total. The summed E-state index contributed by atoms with van der Waals surface area (Å²) in [7, 11) is 0. The lowest BCUT2D eigenvalue weighted by Gasteiger charge is -2.29. The average molecular weight is 345 g/mol. The third kappa shape index (κ3) is 4.08. The van der Waals surface area contributed by atoms with Gasteiger partial charge in [-0.2, -0.15) is 0 Å². The van der Waals surface area contributed by atoms with E-state index in [1.54, 1.807) is 24.3 Å². The molecular formula is C19H21ClN2O2. The third-order valence-electron chi connectivity index (χ3n) is 4.31. The number of primary amides is 1. The van der Waals surface area contributed by atoms with Gasteiger partial charge in [-0.1, -0.05) is 23.7 Å². The van der Waals surface area contributed by atoms with Crippen LogP contribution in [0.25, 0.3) is 0 Å². The van der Waals surface area contributed by atoms with Crippen LogP contribution in [0.2, 0.25) is 5.02 Å². The smallest absolute Gasteiger partial charge is 0.248 e. The van der Waals surface area contributed by atoms with E-state index >= 15 is 0 Å². The summed E-state index contributed by atoms with van der Waals surface area (Å²) < 4.78 is 5.72. The van der Waals surface area contributed by atoms with Crippen molar-refractivity contribution in [3.8, 4) is 5.75 Å². The van der Waals surface area contributed by atoms with Crippen molar-refractivity contribution in [3.05, 3.63) is 64.2 Å². The van der Waals surface area contributed by atoms with E-state index in [0.717, 1.165) is 43.2 Å². The van der Waals surface area contributed by atoms with Gasteiger partial charge >= 0.3 is 0 Å². The van der Waals surface area contributed by atoms with E-state index in [1.165, 1.54) is 11.1 Å². The molecule has 1 amide bonds. The van der Waals surface area contributed by atoms with Gasteiger partial charge in [-0.25, -0.2) is 0 Å². The number of rotatable bonds is 6. The van der Waals surface area contributed by atoms with Crippen molar-refractivity contribution < 1.29 is 9.53 Å². The van der Waals surface area contributed by atoms with Crippen LogP contribution in [0.3, 0.4) is 0 Å². The van der Waals surface area contributed by atoms with Crippen LogP contribution in [0.1, 0.15) is 27.9 Å². The summed E-state index contributed by atoms with van der Waals surface area (Å²) >= 11 is 6.25. The van der Waals surface area contributed by atoms with Crippen molar-refractivity contribution in [2.45, 2.75) is 19.4 Å². The lowest BCUT2D eigenvalue weighted by molar-refractivity contribution is 0.100. The van der Waals surface area contributed by atoms with Gasteiger partial charge in [0, 0.05) is 30.2 Å². The molecule has 0 unspecified atom stereocenters. The van der Waals surface area contributed by atoms with Crippen LogP contribution >= 0.6 is 11.6 Å². The number of ether oxygens (including phenoxy) is 1. The molecule has 126 valence electrons. The second-order valence-corrected chi connectivity index (χ2v) is 6.40. The minimum absolute atomic E-state index is 0.424. The number of halogens is 1. The zero-order valence-corrected chi connectivity index (χ0v) is 14.3. The molecule has 0 spiro atoms. The summed E-state index contributed by atoms with van der Waals surface area (Å²) in [4.78, 5) is 13.5. The largest absolute Gasteiger partial charge is 0.494 e. The number of amides is 1. The number of hydrogen-bond acceptors (Lipinski definition) is 3. The summed E-state index contributed by atoms with van der Waals surface area (Å²) in [5, 5.41) is 0.884. The van der Waals surface area contributed by atoms with Crippen LogP contribution in [0.5, 0.6) is 5.75 Å². The highest BCUT2D eigenvalue weighted by Gasteiger charge is 2.17. The topological polar surface area (TPSA) is 55.6 Å². The Morgan fingerprint density at radius 2 is 2.00 bits per heavy atom. The summed E-state index contributed by atoms with van der Waals surface area (Å²) in [6, 6.07) is 13.1. The van der Waals surface area contributed by atoms with Crippen LogP contribution in [-0.2, 0) is 13.0 Å². The van der Waals surface area contributed by atoms with E-state index in [0.29, 0.717) is 12.2 Å². The maximum Gasteiger partial charge on any atom is 0.248 e. The highest BCUT2D eigenvalue weighted by Crippen LogP contribution is 2.25. The van der Waals surface area contributed by atoms with Gasteiger partial charge in [-0.3, -0.25) is 9.69 Å². The van der Waals surface area contributed by atoms with E-state index < -0.39 is 5.91 Å². The highest BCUT2D eigenvalue weighted by atomic mass is 35.5. The van der Waals surface area contributed by atoms with E-state index in [9.17, 15) is 4.79 Å². The second kappa shape index (κ2) is 7.69. The zero-order chi connectivity index (χ0) is 16.9. The van der Waals surface area contributed by atoms with E-state index in [2.05, 4.69) is 11.0 Å². The molecule has 2 aromatic rings. The number of nitrogens with zero attached hydrogens (tertiary/aromatic N) is 1. The molecule has 5 heteroatoms. The molecule has 3 rings (SSSR count). The Kier molecular flexibility index (Phi) is 5.38.